The Balaban J connectivity index is 0. The number of carbonyl (C=O) groups is 2. The Hall–Kier alpha value is -0.710. The maximum Gasteiger partial charge on any atom is 0.337 e. The third-order valence-electron chi connectivity index (χ3n) is 1.42. The van der Waals surface area contributed by atoms with Gasteiger partial charge in [-0.1, -0.05) is 29.8 Å². The van der Waals surface area contributed by atoms with E-state index in [0.717, 1.165) is 0 Å². The van der Waals surface area contributed by atoms with Gasteiger partial charge in [0.05, 0.1) is 25.2 Å². The second kappa shape index (κ2) is 11.4. The van der Waals surface area contributed by atoms with Crippen LogP contribution in [0.25, 0.3) is 0 Å². The minimum atomic E-state index is -0.567. The zero-order valence-electron chi connectivity index (χ0n) is 10.4. The van der Waals surface area contributed by atoms with Gasteiger partial charge in [0.15, 0.2) is 0 Å². The minimum absolute atomic E-state index is 0.0405. The molecule has 0 saturated carbocycles. The van der Waals surface area contributed by atoms with E-state index in [2.05, 4.69) is 16.1 Å². The quantitative estimate of drug-likeness (QED) is 0.454. The highest BCUT2D eigenvalue weighted by atomic mass is 35.5. The molecule has 0 heterocycles. The second-order valence-corrected chi connectivity index (χ2v) is 4.08. The fourth-order valence-electron chi connectivity index (χ4n) is 0.575. The van der Waals surface area contributed by atoms with E-state index >= 15 is 0 Å². The van der Waals surface area contributed by atoms with Gasteiger partial charge < -0.3 is 9.47 Å². The first-order chi connectivity index (χ1) is 8.31. The van der Waals surface area contributed by atoms with Crippen molar-refractivity contribution in [2.45, 2.75) is 13.8 Å². The molecule has 0 radical (unpaired) electrons. The van der Waals surface area contributed by atoms with Crippen molar-refractivity contribution in [3.63, 3.8) is 0 Å². The summed E-state index contributed by atoms with van der Waals surface area (Å²) in [7, 11) is 1.33. The van der Waals surface area contributed by atoms with Gasteiger partial charge in [0.25, 0.3) is 0 Å². The Morgan fingerprint density at radius 2 is 1.72 bits per heavy atom. The molecule has 18 heavy (non-hydrogen) atoms. The standard InChI is InChI=1S/C6H7Cl3O2.C5H8O2/c1-2-11-6(10)4(3-7)5(8)9;1-4(2)5(6)7-3/h2-3H2,1H3;1H2,2-3H3. The fourth-order valence-corrected chi connectivity index (χ4v) is 1.24. The molecule has 104 valence electrons. The van der Waals surface area contributed by atoms with Gasteiger partial charge >= 0.3 is 11.9 Å². The fraction of sp³-hybridized carbons (Fsp3) is 0.455. The summed E-state index contributed by atoms with van der Waals surface area (Å²) in [6.07, 6.45) is 0. The van der Waals surface area contributed by atoms with Gasteiger partial charge in [-0.05, 0) is 13.8 Å². The van der Waals surface area contributed by atoms with Crippen LogP contribution in [-0.4, -0.2) is 31.5 Å². The predicted molar refractivity (Wildman–Crippen MR) is 72.9 cm³/mol. The molecule has 0 bridgehead atoms. The molecule has 4 nitrogen and oxygen atoms in total. The van der Waals surface area contributed by atoms with Crippen molar-refractivity contribution in [3.8, 4) is 0 Å². The molecular formula is C11H15Cl3O4. The van der Waals surface area contributed by atoms with Crippen molar-refractivity contribution in [3.05, 3.63) is 22.2 Å². The maximum absolute atomic E-state index is 10.9. The number of esters is 2. The Bertz CT molecular complexity index is 333. The molecule has 0 rings (SSSR count). The highest BCUT2D eigenvalue weighted by molar-refractivity contribution is 6.57. The van der Waals surface area contributed by atoms with Crippen molar-refractivity contribution in [1.82, 2.24) is 0 Å². The molecule has 0 aromatic heterocycles. The van der Waals surface area contributed by atoms with E-state index in [-0.39, 0.29) is 28.5 Å². The third kappa shape index (κ3) is 9.33. The summed E-state index contributed by atoms with van der Waals surface area (Å²) in [6.45, 7) is 6.92. The molecule has 0 unspecified atom stereocenters. The number of halogens is 3. The summed E-state index contributed by atoms with van der Waals surface area (Å²) in [5.74, 6) is -0.955. The molecule has 7 heteroatoms. The van der Waals surface area contributed by atoms with Crippen LogP contribution in [0.5, 0.6) is 0 Å². The molecule has 0 aliphatic carbocycles. The summed E-state index contributed by atoms with van der Waals surface area (Å²) in [5.41, 5.74) is 0.527. The second-order valence-electron chi connectivity index (χ2n) is 2.86. The molecule has 0 aliphatic rings. The molecule has 0 aliphatic heterocycles. The highest BCUT2D eigenvalue weighted by Crippen LogP contribution is 2.16. The molecule has 0 aromatic carbocycles. The molecular weight excluding hydrogens is 302 g/mol. The molecule has 0 spiro atoms. The van der Waals surface area contributed by atoms with E-state index in [0.29, 0.717) is 5.57 Å². The van der Waals surface area contributed by atoms with Crippen LogP contribution in [0, 0.1) is 0 Å². The van der Waals surface area contributed by atoms with Gasteiger partial charge in [0, 0.05) is 5.57 Å². The summed E-state index contributed by atoms with van der Waals surface area (Å²) in [4.78, 5) is 21.1. The maximum atomic E-state index is 10.9. The van der Waals surface area contributed by atoms with E-state index in [4.69, 9.17) is 34.8 Å². The van der Waals surface area contributed by atoms with E-state index < -0.39 is 5.97 Å². The number of ether oxygens (including phenoxy) is 2. The van der Waals surface area contributed by atoms with Gasteiger partial charge in [-0.2, -0.15) is 0 Å². The Labute approximate surface area is 121 Å². The van der Waals surface area contributed by atoms with Crippen LogP contribution in [0.1, 0.15) is 13.8 Å². The number of alkyl halides is 1. The van der Waals surface area contributed by atoms with Crippen LogP contribution in [0.4, 0.5) is 0 Å². The molecule has 0 N–H and O–H groups in total. The van der Waals surface area contributed by atoms with Crippen LogP contribution in [0.2, 0.25) is 0 Å². The smallest absolute Gasteiger partial charge is 0.337 e. The van der Waals surface area contributed by atoms with Gasteiger partial charge in [0.2, 0.25) is 0 Å². The van der Waals surface area contributed by atoms with Gasteiger partial charge in [-0.15, -0.1) is 11.6 Å². The lowest BCUT2D eigenvalue weighted by Crippen LogP contribution is -2.09. The normalized spacial score (nSPS) is 8.56. The van der Waals surface area contributed by atoms with Crippen molar-refractivity contribution in [2.75, 3.05) is 19.6 Å². The first-order valence-corrected chi connectivity index (χ1v) is 6.11. The predicted octanol–water partition coefficient (Wildman–Crippen LogP) is 3.21. The number of hydrogen-bond acceptors (Lipinski definition) is 4. The third-order valence-corrected chi connectivity index (χ3v) is 2.14. The summed E-state index contributed by atoms with van der Waals surface area (Å²) in [6, 6.07) is 0. The molecule has 0 saturated heterocycles. The van der Waals surface area contributed by atoms with Crippen molar-refractivity contribution >= 4 is 46.7 Å². The van der Waals surface area contributed by atoms with Crippen LogP contribution in [0.3, 0.4) is 0 Å². The van der Waals surface area contributed by atoms with Gasteiger partial charge in [-0.25, -0.2) is 9.59 Å². The molecule has 0 atom stereocenters. The Morgan fingerprint density at radius 1 is 1.22 bits per heavy atom. The van der Waals surface area contributed by atoms with Crippen molar-refractivity contribution in [1.29, 1.82) is 0 Å². The van der Waals surface area contributed by atoms with E-state index in [1.165, 1.54) is 7.11 Å². The largest absolute Gasteiger partial charge is 0.466 e. The van der Waals surface area contributed by atoms with E-state index in [1.807, 2.05) is 0 Å². The zero-order valence-corrected chi connectivity index (χ0v) is 12.7. The van der Waals surface area contributed by atoms with Crippen LogP contribution in [0.15, 0.2) is 22.2 Å². The Kier molecular flexibility index (Phi) is 12.4. The minimum Gasteiger partial charge on any atom is -0.466 e. The average molecular weight is 318 g/mol. The molecule has 0 amide bonds. The zero-order chi connectivity index (χ0) is 14.7. The summed E-state index contributed by atoms with van der Waals surface area (Å²) < 4.78 is 8.74. The number of hydrogen-bond donors (Lipinski definition) is 0. The van der Waals surface area contributed by atoms with Crippen LogP contribution in [-0.2, 0) is 19.1 Å². The number of rotatable bonds is 4. The van der Waals surface area contributed by atoms with Gasteiger partial charge in [-0.3, -0.25) is 0 Å². The summed E-state index contributed by atoms with van der Waals surface area (Å²) in [5, 5.41) is 0. The Morgan fingerprint density at radius 3 is 1.89 bits per heavy atom. The first-order valence-electron chi connectivity index (χ1n) is 4.82. The monoisotopic (exact) mass is 316 g/mol. The molecule has 0 fully saturated rings. The lowest BCUT2D eigenvalue weighted by atomic mass is 10.3. The van der Waals surface area contributed by atoms with Crippen LogP contribution >= 0.6 is 34.8 Å². The van der Waals surface area contributed by atoms with Crippen LogP contribution < -0.4 is 0 Å². The van der Waals surface area contributed by atoms with E-state index in [1.54, 1.807) is 13.8 Å². The van der Waals surface area contributed by atoms with Crippen molar-refractivity contribution in [2.24, 2.45) is 0 Å². The first kappa shape index (κ1) is 19.6. The average Bonchev–Trinajstić information content (AvgIpc) is 2.29. The topological polar surface area (TPSA) is 52.6 Å². The highest BCUT2D eigenvalue weighted by Gasteiger charge is 2.12. The SMILES string of the molecule is C=C(C)C(=O)OC.CCOC(=O)C(CCl)=C(Cl)Cl. The number of methoxy groups -OCH3 is 1. The lowest BCUT2D eigenvalue weighted by molar-refractivity contribution is -0.138. The van der Waals surface area contributed by atoms with Gasteiger partial charge in [0.1, 0.15) is 4.49 Å². The number of carbonyl (C=O) groups excluding carboxylic acids is 2. The van der Waals surface area contributed by atoms with E-state index in [9.17, 15) is 9.59 Å². The van der Waals surface area contributed by atoms with Crippen molar-refractivity contribution < 1.29 is 19.1 Å². The lowest BCUT2D eigenvalue weighted by Gasteiger charge is -2.02. The summed E-state index contributed by atoms with van der Waals surface area (Å²) >= 11 is 16.0. The molecule has 0 aromatic rings.